The summed E-state index contributed by atoms with van der Waals surface area (Å²) in [6.07, 6.45) is 65.2. The van der Waals surface area contributed by atoms with Crippen molar-refractivity contribution in [3.8, 4) is 0 Å². The third-order valence-corrected chi connectivity index (χ3v) is 13.8. The van der Waals surface area contributed by atoms with E-state index < -0.39 is 12.1 Å². The number of esters is 1. The van der Waals surface area contributed by atoms with Crippen LogP contribution in [0.5, 0.6) is 0 Å². The van der Waals surface area contributed by atoms with Crippen LogP contribution in [-0.2, 0) is 14.3 Å². The number of unbranched alkanes of at least 4 members (excludes halogenated alkanes) is 44. The van der Waals surface area contributed by atoms with Crippen molar-refractivity contribution in [3.05, 3.63) is 12.2 Å². The molecule has 0 rings (SSSR count). The average molecular weight is 919 g/mol. The number of amides is 1. The molecule has 2 unspecified atom stereocenters. The highest BCUT2D eigenvalue weighted by atomic mass is 16.5. The minimum Gasteiger partial charge on any atom is -0.466 e. The van der Waals surface area contributed by atoms with Gasteiger partial charge in [0.2, 0.25) is 5.91 Å². The first-order valence-corrected chi connectivity index (χ1v) is 29.5. The average Bonchev–Trinajstić information content (AvgIpc) is 3.31. The summed E-state index contributed by atoms with van der Waals surface area (Å²) in [6, 6.07) is -0.639. The van der Waals surface area contributed by atoms with Gasteiger partial charge in [0, 0.05) is 12.8 Å². The van der Waals surface area contributed by atoms with Gasteiger partial charge in [-0.3, -0.25) is 9.59 Å². The molecule has 0 saturated carbocycles. The van der Waals surface area contributed by atoms with Gasteiger partial charge in [-0.15, -0.1) is 0 Å². The predicted molar refractivity (Wildman–Crippen MR) is 283 cm³/mol. The molecule has 0 spiro atoms. The molecule has 6 nitrogen and oxygen atoms in total. The molecule has 0 aliphatic carbocycles. The van der Waals surface area contributed by atoms with Crippen LogP contribution in [0.15, 0.2) is 12.2 Å². The van der Waals surface area contributed by atoms with Crippen molar-refractivity contribution in [3.63, 3.8) is 0 Å². The van der Waals surface area contributed by atoms with E-state index in [4.69, 9.17) is 4.74 Å². The van der Waals surface area contributed by atoms with Crippen LogP contribution >= 0.6 is 0 Å². The Morgan fingerprint density at radius 2 is 0.708 bits per heavy atom. The van der Waals surface area contributed by atoms with Gasteiger partial charge >= 0.3 is 5.97 Å². The van der Waals surface area contributed by atoms with Gasteiger partial charge in [-0.2, -0.15) is 0 Å². The first kappa shape index (κ1) is 63.6. The molecule has 3 N–H and O–H groups in total. The van der Waals surface area contributed by atoms with Crippen molar-refractivity contribution in [2.75, 3.05) is 13.2 Å². The highest BCUT2D eigenvalue weighted by Crippen LogP contribution is 2.17. The molecule has 0 saturated heterocycles. The van der Waals surface area contributed by atoms with Gasteiger partial charge in [0.1, 0.15) is 0 Å². The number of allylic oxidation sites excluding steroid dienone is 1. The van der Waals surface area contributed by atoms with Crippen LogP contribution in [-0.4, -0.2) is 47.4 Å². The third-order valence-electron chi connectivity index (χ3n) is 13.8. The first-order chi connectivity index (χ1) is 32.0. The fraction of sp³-hybridized carbons (Fsp3) is 0.932. The largest absolute Gasteiger partial charge is 0.466 e. The second kappa shape index (κ2) is 55.2. The van der Waals surface area contributed by atoms with E-state index in [-0.39, 0.29) is 18.5 Å². The third kappa shape index (κ3) is 51.8. The van der Waals surface area contributed by atoms with Gasteiger partial charge in [-0.05, 0) is 32.1 Å². The van der Waals surface area contributed by atoms with Crippen LogP contribution in [0.4, 0.5) is 0 Å². The lowest BCUT2D eigenvalue weighted by atomic mass is 10.0. The van der Waals surface area contributed by atoms with E-state index in [9.17, 15) is 19.8 Å². The van der Waals surface area contributed by atoms with Gasteiger partial charge in [0.15, 0.2) is 0 Å². The number of hydrogen-bond acceptors (Lipinski definition) is 5. The maximum absolute atomic E-state index is 12.5. The first-order valence-electron chi connectivity index (χ1n) is 29.5. The number of hydrogen-bond donors (Lipinski definition) is 3. The zero-order valence-electron chi connectivity index (χ0n) is 44.0. The number of rotatable bonds is 55. The second-order valence-electron chi connectivity index (χ2n) is 20.3. The van der Waals surface area contributed by atoms with Crippen molar-refractivity contribution in [2.24, 2.45) is 0 Å². The number of nitrogens with one attached hydrogen (secondary N) is 1. The number of aliphatic hydroxyl groups is 2. The molecule has 0 aliphatic rings. The molecule has 0 aliphatic heterocycles. The van der Waals surface area contributed by atoms with Gasteiger partial charge in [-0.1, -0.05) is 296 Å². The molecule has 0 radical (unpaired) electrons. The van der Waals surface area contributed by atoms with Crippen molar-refractivity contribution < 1.29 is 24.5 Å². The summed E-state index contributed by atoms with van der Waals surface area (Å²) < 4.78 is 5.47. The maximum Gasteiger partial charge on any atom is 0.305 e. The highest BCUT2D eigenvalue weighted by Gasteiger charge is 2.18. The molecule has 0 aromatic heterocycles. The summed E-state index contributed by atoms with van der Waals surface area (Å²) in [5, 5.41) is 23.2. The SMILES string of the molecule is CCCCCCCCCCCCCCCCCCCCCC/C=C/C(O)C(CO)NC(=O)CCCCCCCCCCCCCCOC(=O)CCCCCCCCCCCCCCCC. The Bertz CT molecular complexity index is 970. The van der Waals surface area contributed by atoms with Gasteiger partial charge in [0.05, 0.1) is 25.4 Å². The van der Waals surface area contributed by atoms with E-state index in [1.165, 1.54) is 244 Å². The number of ether oxygens (including phenoxy) is 1. The normalized spacial score (nSPS) is 12.6. The lowest BCUT2D eigenvalue weighted by Crippen LogP contribution is -2.45. The minimum atomic E-state index is -0.854. The van der Waals surface area contributed by atoms with Crippen LogP contribution in [0.1, 0.15) is 328 Å². The molecule has 386 valence electrons. The Morgan fingerprint density at radius 3 is 1.05 bits per heavy atom. The lowest BCUT2D eigenvalue weighted by Gasteiger charge is -2.20. The Kier molecular flexibility index (Phi) is 54.0. The molecule has 0 heterocycles. The summed E-state index contributed by atoms with van der Waals surface area (Å²) in [5.41, 5.74) is 0. The van der Waals surface area contributed by atoms with Crippen LogP contribution in [0.2, 0.25) is 0 Å². The number of carbonyl (C=O) groups is 2. The summed E-state index contributed by atoms with van der Waals surface area (Å²) in [6.45, 7) is 4.90. The maximum atomic E-state index is 12.5. The molecular weight excluding hydrogens is 803 g/mol. The number of aliphatic hydroxyl groups excluding tert-OH is 2. The smallest absolute Gasteiger partial charge is 0.305 e. The molecule has 0 aromatic rings. The zero-order valence-corrected chi connectivity index (χ0v) is 44.0. The second-order valence-corrected chi connectivity index (χ2v) is 20.3. The van der Waals surface area contributed by atoms with Crippen LogP contribution in [0, 0.1) is 0 Å². The molecule has 0 aromatic carbocycles. The monoisotopic (exact) mass is 918 g/mol. The quantitative estimate of drug-likeness (QED) is 0.0321. The van der Waals surface area contributed by atoms with E-state index >= 15 is 0 Å². The van der Waals surface area contributed by atoms with Crippen LogP contribution < -0.4 is 5.32 Å². The minimum absolute atomic E-state index is 0.00759. The van der Waals surface area contributed by atoms with Crippen molar-refractivity contribution in [2.45, 2.75) is 341 Å². The zero-order chi connectivity index (χ0) is 47.2. The van der Waals surface area contributed by atoms with Crippen molar-refractivity contribution in [1.82, 2.24) is 5.32 Å². The Balaban J connectivity index is 3.48. The molecule has 1 amide bonds. The predicted octanol–water partition coefficient (Wildman–Crippen LogP) is 18.1. The standard InChI is InChI=1S/C59H115NO5/c1-3-5-7-9-11-13-15-17-19-20-21-22-23-24-25-26-27-31-35-39-43-47-51-57(62)56(55-61)60-58(63)52-48-44-40-36-32-29-30-34-38-42-46-50-54-65-59(64)53-49-45-41-37-33-28-18-16-14-12-10-8-6-4-2/h47,51,56-57,61-62H,3-46,48-50,52-55H2,1-2H3,(H,60,63)/b51-47+. The highest BCUT2D eigenvalue weighted by molar-refractivity contribution is 5.76. The fourth-order valence-electron chi connectivity index (χ4n) is 9.28. The van der Waals surface area contributed by atoms with E-state index in [1.807, 2.05) is 6.08 Å². The fourth-order valence-corrected chi connectivity index (χ4v) is 9.28. The van der Waals surface area contributed by atoms with E-state index in [2.05, 4.69) is 19.2 Å². The number of carbonyl (C=O) groups excluding carboxylic acids is 2. The van der Waals surface area contributed by atoms with E-state index in [0.29, 0.717) is 19.4 Å². The van der Waals surface area contributed by atoms with Gasteiger partial charge in [0.25, 0.3) is 0 Å². The van der Waals surface area contributed by atoms with Crippen molar-refractivity contribution >= 4 is 11.9 Å². The molecule has 6 heteroatoms. The van der Waals surface area contributed by atoms with E-state index in [0.717, 1.165) is 57.8 Å². The summed E-state index contributed by atoms with van der Waals surface area (Å²) in [5.74, 6) is -0.0873. The Hall–Kier alpha value is -1.40. The topological polar surface area (TPSA) is 95.9 Å². The molecule has 0 bridgehead atoms. The Morgan fingerprint density at radius 1 is 0.415 bits per heavy atom. The van der Waals surface area contributed by atoms with Crippen LogP contribution in [0.3, 0.4) is 0 Å². The molecular formula is C59H115NO5. The Labute approximate surface area is 406 Å². The van der Waals surface area contributed by atoms with Crippen LogP contribution in [0.25, 0.3) is 0 Å². The van der Waals surface area contributed by atoms with Gasteiger partial charge in [-0.25, -0.2) is 0 Å². The lowest BCUT2D eigenvalue weighted by molar-refractivity contribution is -0.143. The summed E-state index contributed by atoms with van der Waals surface area (Å²) >= 11 is 0. The molecule has 0 fully saturated rings. The van der Waals surface area contributed by atoms with Crippen molar-refractivity contribution in [1.29, 1.82) is 0 Å². The van der Waals surface area contributed by atoms with Gasteiger partial charge < -0.3 is 20.3 Å². The summed E-state index contributed by atoms with van der Waals surface area (Å²) in [4.78, 5) is 24.5. The van der Waals surface area contributed by atoms with E-state index in [1.54, 1.807) is 6.08 Å². The molecule has 2 atom stereocenters. The molecule has 65 heavy (non-hydrogen) atoms. The summed E-state index contributed by atoms with van der Waals surface area (Å²) in [7, 11) is 0.